The van der Waals surface area contributed by atoms with Crippen molar-refractivity contribution in [1.29, 1.82) is 0 Å². The van der Waals surface area contributed by atoms with Gasteiger partial charge in [0, 0.05) is 14.6 Å². The Morgan fingerprint density at radius 3 is 2.88 bits per heavy atom. The third-order valence-corrected chi connectivity index (χ3v) is 4.72. The van der Waals surface area contributed by atoms with Crippen LogP contribution in [0, 0.1) is 5.92 Å². The molecule has 2 nitrogen and oxygen atoms in total. The number of nitrogens with zero attached hydrogens (tertiary/aromatic N) is 1. The van der Waals surface area contributed by atoms with E-state index in [0.717, 1.165) is 13.0 Å². The molecule has 88 valence electrons. The molecule has 0 aliphatic carbocycles. The molecule has 2 rings (SSSR count). The third kappa shape index (κ3) is 2.46. The Morgan fingerprint density at radius 2 is 2.25 bits per heavy atom. The molecule has 0 spiro atoms. The molecule has 0 aromatic carbocycles. The molecule has 0 aromatic rings. The minimum Gasteiger partial charge on any atom is -0.332 e. The van der Waals surface area contributed by atoms with Crippen molar-refractivity contribution < 1.29 is 4.79 Å². The van der Waals surface area contributed by atoms with Crippen LogP contribution in [0.3, 0.4) is 0 Å². The Labute approximate surface area is 99.0 Å². The van der Waals surface area contributed by atoms with Gasteiger partial charge in [0.15, 0.2) is 0 Å². The minimum absolute atomic E-state index is 0.145. The smallest absolute Gasteiger partial charge is 0.230 e. The molecule has 0 unspecified atom stereocenters. The van der Waals surface area contributed by atoms with Crippen LogP contribution in [0.4, 0.5) is 0 Å². The first-order valence-electron chi connectivity index (χ1n) is 6.11. The van der Waals surface area contributed by atoms with Gasteiger partial charge in [-0.3, -0.25) is 4.79 Å². The summed E-state index contributed by atoms with van der Waals surface area (Å²) in [7, 11) is -1.01. The van der Waals surface area contributed by atoms with Crippen molar-refractivity contribution in [2.45, 2.75) is 38.1 Å². The molecule has 1 fully saturated rings. The summed E-state index contributed by atoms with van der Waals surface area (Å²) < 4.78 is 0. The van der Waals surface area contributed by atoms with Crippen LogP contribution in [0.15, 0.2) is 24.3 Å². The van der Waals surface area contributed by atoms with Crippen molar-refractivity contribution in [3.63, 3.8) is 0 Å². The minimum atomic E-state index is -1.01. The maximum Gasteiger partial charge on any atom is 0.230 e. The molecule has 0 N–H and O–H groups in total. The van der Waals surface area contributed by atoms with E-state index < -0.39 is 8.07 Å². The van der Waals surface area contributed by atoms with E-state index in [1.807, 2.05) is 4.90 Å². The highest BCUT2D eigenvalue weighted by atomic mass is 28.3. The first-order valence-corrected chi connectivity index (χ1v) is 9.82. The molecule has 3 heteroatoms. The predicted molar refractivity (Wildman–Crippen MR) is 70.0 cm³/mol. The molecule has 0 aromatic heterocycles. The lowest BCUT2D eigenvalue weighted by molar-refractivity contribution is -0.129. The van der Waals surface area contributed by atoms with Crippen LogP contribution in [0.1, 0.15) is 6.42 Å². The van der Waals surface area contributed by atoms with Crippen LogP contribution in [0.2, 0.25) is 25.7 Å². The van der Waals surface area contributed by atoms with Crippen LogP contribution in [0.5, 0.6) is 0 Å². The molecule has 0 saturated carbocycles. The van der Waals surface area contributed by atoms with Gasteiger partial charge in [0.2, 0.25) is 5.91 Å². The van der Waals surface area contributed by atoms with Crippen LogP contribution in [0.25, 0.3) is 0 Å². The molecule has 2 atom stereocenters. The van der Waals surface area contributed by atoms with Crippen molar-refractivity contribution >= 4 is 14.0 Å². The summed E-state index contributed by atoms with van der Waals surface area (Å²) in [6, 6.07) is 1.56. The summed E-state index contributed by atoms with van der Waals surface area (Å²) in [6.45, 7) is 7.89. The van der Waals surface area contributed by atoms with E-state index in [1.54, 1.807) is 0 Å². The number of rotatable bonds is 3. The van der Waals surface area contributed by atoms with Crippen LogP contribution >= 0.6 is 0 Å². The Kier molecular flexibility index (Phi) is 3.06. The number of allylic oxidation sites excluding steroid dienone is 1. The van der Waals surface area contributed by atoms with Gasteiger partial charge in [-0.05, 0) is 12.5 Å². The van der Waals surface area contributed by atoms with E-state index >= 15 is 0 Å². The van der Waals surface area contributed by atoms with Crippen LogP contribution in [-0.2, 0) is 4.79 Å². The van der Waals surface area contributed by atoms with E-state index in [9.17, 15) is 4.79 Å². The summed E-state index contributed by atoms with van der Waals surface area (Å²) in [4.78, 5) is 14.0. The molecular formula is C13H21NOSi. The molecule has 0 radical (unpaired) electrons. The standard InChI is InChI=1S/C13H21NOSi/c1-16(2,3)9-5-6-11-10-12-7-4-8-14(12)13(11)15/h4-7,11-12H,8-10H2,1-3H3/b6-5+/t11-,12-/m1/s1. The average molecular weight is 235 g/mol. The molecule has 1 saturated heterocycles. The number of carbonyl (C=O) groups excluding carboxylic acids is 1. The lowest BCUT2D eigenvalue weighted by Crippen LogP contribution is -2.28. The second-order valence-corrected chi connectivity index (χ2v) is 11.6. The van der Waals surface area contributed by atoms with Crippen LogP contribution in [-0.4, -0.2) is 31.5 Å². The summed E-state index contributed by atoms with van der Waals surface area (Å²) >= 11 is 0. The Bertz CT molecular complexity index is 340. The van der Waals surface area contributed by atoms with Gasteiger partial charge < -0.3 is 4.90 Å². The van der Waals surface area contributed by atoms with E-state index in [0.29, 0.717) is 11.9 Å². The average Bonchev–Trinajstić information content (AvgIpc) is 2.69. The number of fused-ring (bicyclic) bond motifs is 1. The topological polar surface area (TPSA) is 20.3 Å². The highest BCUT2D eigenvalue weighted by molar-refractivity contribution is 6.76. The van der Waals surface area contributed by atoms with Gasteiger partial charge in [-0.15, -0.1) is 0 Å². The molecule has 16 heavy (non-hydrogen) atoms. The lowest BCUT2D eigenvalue weighted by atomic mass is 10.0. The predicted octanol–water partition coefficient (Wildman–Crippen LogP) is 2.67. The maximum absolute atomic E-state index is 12.0. The molecule has 1 amide bonds. The number of carbonyl (C=O) groups is 1. The van der Waals surface area contributed by atoms with Crippen LogP contribution < -0.4 is 0 Å². The van der Waals surface area contributed by atoms with Gasteiger partial charge in [-0.25, -0.2) is 0 Å². The zero-order valence-corrected chi connectivity index (χ0v) is 11.4. The normalized spacial score (nSPS) is 29.4. The second kappa shape index (κ2) is 4.21. The summed E-state index contributed by atoms with van der Waals surface area (Å²) in [5.74, 6) is 0.466. The van der Waals surface area contributed by atoms with Gasteiger partial charge >= 0.3 is 0 Å². The Morgan fingerprint density at radius 1 is 1.50 bits per heavy atom. The first-order chi connectivity index (χ1) is 7.47. The fraction of sp³-hybridized carbons (Fsp3) is 0.615. The number of amides is 1. The van der Waals surface area contributed by atoms with Gasteiger partial charge in [-0.2, -0.15) is 0 Å². The lowest BCUT2D eigenvalue weighted by Gasteiger charge is -2.14. The highest BCUT2D eigenvalue weighted by Crippen LogP contribution is 2.29. The summed E-state index contributed by atoms with van der Waals surface area (Å²) in [6.07, 6.45) is 9.64. The van der Waals surface area contributed by atoms with Gasteiger partial charge in [0.1, 0.15) is 0 Å². The third-order valence-electron chi connectivity index (χ3n) is 3.25. The summed E-state index contributed by atoms with van der Waals surface area (Å²) in [5, 5.41) is 0. The van der Waals surface area contributed by atoms with Crippen molar-refractivity contribution in [2.75, 3.05) is 6.54 Å². The first kappa shape index (κ1) is 11.6. The van der Waals surface area contributed by atoms with E-state index in [-0.39, 0.29) is 5.92 Å². The zero-order chi connectivity index (χ0) is 11.8. The van der Waals surface area contributed by atoms with Gasteiger partial charge in [0.25, 0.3) is 0 Å². The number of hydrogen-bond donors (Lipinski definition) is 0. The summed E-state index contributed by atoms with van der Waals surface area (Å²) in [5.41, 5.74) is 0. The largest absolute Gasteiger partial charge is 0.332 e. The van der Waals surface area contributed by atoms with Gasteiger partial charge in [0.05, 0.1) is 12.0 Å². The Hall–Kier alpha value is -0.833. The van der Waals surface area contributed by atoms with E-state index in [1.165, 1.54) is 6.04 Å². The quantitative estimate of drug-likeness (QED) is 0.544. The highest BCUT2D eigenvalue weighted by Gasteiger charge is 2.37. The molecule has 2 aliphatic rings. The van der Waals surface area contributed by atoms with E-state index in [4.69, 9.17) is 0 Å². The maximum atomic E-state index is 12.0. The monoisotopic (exact) mass is 235 g/mol. The van der Waals surface area contributed by atoms with Crippen molar-refractivity contribution in [3.8, 4) is 0 Å². The fourth-order valence-electron chi connectivity index (χ4n) is 2.35. The number of hydrogen-bond acceptors (Lipinski definition) is 1. The fourth-order valence-corrected chi connectivity index (χ4v) is 3.19. The Balaban J connectivity index is 1.92. The SMILES string of the molecule is C[Si](C)(C)C/C=C/[C@@H]1C[C@H]2C=CCN2C1=O. The second-order valence-electron chi connectivity index (χ2n) is 6.02. The van der Waals surface area contributed by atoms with Gasteiger partial charge in [-0.1, -0.05) is 43.9 Å². The molecule has 2 heterocycles. The molecule has 0 bridgehead atoms. The van der Waals surface area contributed by atoms with Crippen molar-refractivity contribution in [3.05, 3.63) is 24.3 Å². The van der Waals surface area contributed by atoms with Crippen molar-refractivity contribution in [1.82, 2.24) is 4.90 Å². The molecule has 2 aliphatic heterocycles. The zero-order valence-electron chi connectivity index (χ0n) is 10.4. The van der Waals surface area contributed by atoms with Crippen molar-refractivity contribution in [2.24, 2.45) is 5.92 Å². The molecular weight excluding hydrogens is 214 g/mol. The van der Waals surface area contributed by atoms with E-state index in [2.05, 4.69) is 43.9 Å².